The standard InChI is InChI=1S/C24H22F3N5O/c25-24(26,27)15-31-12-17-1-3-20(9-18(17)13-31)30-23(33)6-2-16-10-28-8-7-22(16)19-11-29-32(14-19)21-4-5-21/h1-3,6-11,14,21H,4-5,12-13,15H2,(H,30,33). The molecular formula is C24H22F3N5O. The van der Waals surface area contributed by atoms with Crippen molar-refractivity contribution in [3.8, 4) is 11.1 Å². The Kier molecular flexibility index (Phi) is 5.49. The molecule has 0 saturated heterocycles. The second kappa shape index (κ2) is 8.47. The number of alkyl halides is 3. The van der Waals surface area contributed by atoms with Gasteiger partial charge in [-0.25, -0.2) is 0 Å². The number of rotatable bonds is 6. The van der Waals surface area contributed by atoms with Crippen molar-refractivity contribution < 1.29 is 18.0 Å². The molecule has 1 N–H and O–H groups in total. The number of pyridine rings is 1. The normalized spacial score (nSPS) is 16.3. The van der Waals surface area contributed by atoms with Gasteiger partial charge in [0.25, 0.3) is 0 Å². The van der Waals surface area contributed by atoms with Gasteiger partial charge in [-0.2, -0.15) is 18.3 Å². The number of carbonyl (C=O) groups excluding carboxylic acids is 1. The van der Waals surface area contributed by atoms with Crippen molar-refractivity contribution in [3.63, 3.8) is 0 Å². The van der Waals surface area contributed by atoms with Gasteiger partial charge in [-0.1, -0.05) is 6.07 Å². The molecule has 2 aromatic heterocycles. The molecule has 1 aliphatic heterocycles. The molecule has 9 heteroatoms. The summed E-state index contributed by atoms with van der Waals surface area (Å²) in [4.78, 5) is 18.0. The number of nitrogens with one attached hydrogen (secondary N) is 1. The minimum absolute atomic E-state index is 0.210. The molecule has 3 aromatic rings. The highest BCUT2D eigenvalue weighted by molar-refractivity contribution is 6.02. The maximum atomic E-state index is 12.7. The zero-order valence-electron chi connectivity index (χ0n) is 17.7. The van der Waals surface area contributed by atoms with Crippen LogP contribution in [-0.2, 0) is 17.9 Å². The highest BCUT2D eigenvalue weighted by Crippen LogP contribution is 2.35. The van der Waals surface area contributed by atoms with E-state index in [0.717, 1.165) is 40.7 Å². The summed E-state index contributed by atoms with van der Waals surface area (Å²) in [6.07, 6.45) is 8.41. The number of benzene rings is 1. The van der Waals surface area contributed by atoms with Gasteiger partial charge in [-0.15, -0.1) is 0 Å². The molecule has 0 bridgehead atoms. The maximum Gasteiger partial charge on any atom is 0.401 e. The van der Waals surface area contributed by atoms with Crippen molar-refractivity contribution in [1.29, 1.82) is 0 Å². The van der Waals surface area contributed by atoms with Gasteiger partial charge in [0.15, 0.2) is 0 Å². The Hall–Kier alpha value is -3.46. The molecule has 0 unspecified atom stereocenters. The maximum absolute atomic E-state index is 12.7. The molecule has 0 radical (unpaired) electrons. The molecule has 2 aliphatic rings. The molecule has 5 rings (SSSR count). The van der Waals surface area contributed by atoms with Crippen molar-refractivity contribution in [1.82, 2.24) is 19.7 Å². The van der Waals surface area contributed by atoms with E-state index in [4.69, 9.17) is 0 Å². The molecule has 3 heterocycles. The zero-order chi connectivity index (χ0) is 23.0. The van der Waals surface area contributed by atoms with Gasteiger partial charge in [-0.05, 0) is 53.8 Å². The van der Waals surface area contributed by atoms with Gasteiger partial charge in [-0.3, -0.25) is 19.4 Å². The third-order valence-electron chi connectivity index (χ3n) is 5.76. The minimum Gasteiger partial charge on any atom is -0.323 e. The quantitative estimate of drug-likeness (QED) is 0.544. The van der Waals surface area contributed by atoms with Crippen LogP contribution in [0.5, 0.6) is 0 Å². The van der Waals surface area contributed by atoms with E-state index in [9.17, 15) is 18.0 Å². The largest absolute Gasteiger partial charge is 0.401 e. The number of aromatic nitrogens is 3. The number of hydrogen-bond acceptors (Lipinski definition) is 4. The highest BCUT2D eigenvalue weighted by atomic mass is 19.4. The molecule has 170 valence electrons. The summed E-state index contributed by atoms with van der Waals surface area (Å²) in [6, 6.07) is 7.59. The SMILES string of the molecule is O=C(C=Cc1cnccc1-c1cnn(C2CC2)c1)Nc1ccc2c(c1)CN(CC(F)(F)F)C2. The fourth-order valence-corrected chi connectivity index (χ4v) is 4.08. The number of nitrogens with zero attached hydrogens (tertiary/aromatic N) is 4. The van der Waals surface area contributed by atoms with Gasteiger partial charge in [0.2, 0.25) is 5.91 Å². The van der Waals surface area contributed by atoms with E-state index >= 15 is 0 Å². The average molecular weight is 453 g/mol. The van der Waals surface area contributed by atoms with Gasteiger partial charge >= 0.3 is 6.18 Å². The number of amides is 1. The lowest BCUT2D eigenvalue weighted by molar-refractivity contribution is -0.147. The predicted molar refractivity (Wildman–Crippen MR) is 118 cm³/mol. The lowest BCUT2D eigenvalue weighted by atomic mass is 10.0. The monoisotopic (exact) mass is 453 g/mol. The van der Waals surface area contributed by atoms with Crippen LogP contribution in [0.25, 0.3) is 17.2 Å². The van der Waals surface area contributed by atoms with E-state index in [-0.39, 0.29) is 19.0 Å². The second-order valence-corrected chi connectivity index (χ2v) is 8.47. The number of carbonyl (C=O) groups is 1. The van der Waals surface area contributed by atoms with E-state index in [1.54, 1.807) is 36.7 Å². The first-order chi connectivity index (χ1) is 15.8. The van der Waals surface area contributed by atoms with Crippen molar-refractivity contribution in [2.75, 3.05) is 11.9 Å². The van der Waals surface area contributed by atoms with Crippen LogP contribution in [0.2, 0.25) is 0 Å². The molecular weight excluding hydrogens is 431 g/mol. The van der Waals surface area contributed by atoms with Crippen molar-refractivity contribution in [2.45, 2.75) is 38.1 Å². The average Bonchev–Trinajstić information content (AvgIpc) is 3.36. The number of anilines is 1. The van der Waals surface area contributed by atoms with E-state index in [1.807, 2.05) is 23.1 Å². The molecule has 33 heavy (non-hydrogen) atoms. The lowest BCUT2D eigenvalue weighted by Crippen LogP contribution is -2.29. The van der Waals surface area contributed by atoms with E-state index < -0.39 is 12.7 Å². The Morgan fingerprint density at radius 2 is 1.97 bits per heavy atom. The van der Waals surface area contributed by atoms with E-state index in [2.05, 4.69) is 15.4 Å². The molecule has 1 fully saturated rings. The number of halogens is 3. The van der Waals surface area contributed by atoms with Crippen LogP contribution in [0.3, 0.4) is 0 Å². The number of hydrogen-bond donors (Lipinski definition) is 1. The van der Waals surface area contributed by atoms with Crippen molar-refractivity contribution in [2.24, 2.45) is 0 Å². The summed E-state index contributed by atoms with van der Waals surface area (Å²) < 4.78 is 40.0. The molecule has 6 nitrogen and oxygen atoms in total. The third kappa shape index (κ3) is 5.14. The van der Waals surface area contributed by atoms with Gasteiger partial charge in [0.1, 0.15) is 0 Å². The van der Waals surface area contributed by atoms with Crippen LogP contribution < -0.4 is 5.32 Å². The van der Waals surface area contributed by atoms with Crippen LogP contribution in [0.1, 0.15) is 35.6 Å². The predicted octanol–water partition coefficient (Wildman–Crippen LogP) is 4.81. The van der Waals surface area contributed by atoms with Crippen LogP contribution in [0.15, 0.2) is 55.1 Å². The summed E-state index contributed by atoms with van der Waals surface area (Å²) in [7, 11) is 0. The molecule has 0 atom stereocenters. The first kappa shape index (κ1) is 21.4. The van der Waals surface area contributed by atoms with Crippen LogP contribution in [-0.4, -0.2) is 38.3 Å². The summed E-state index contributed by atoms with van der Waals surface area (Å²) >= 11 is 0. The van der Waals surface area contributed by atoms with Crippen LogP contribution in [0.4, 0.5) is 18.9 Å². The second-order valence-electron chi connectivity index (χ2n) is 8.47. The Bertz CT molecular complexity index is 1210. The zero-order valence-corrected chi connectivity index (χ0v) is 17.7. The first-order valence-electron chi connectivity index (χ1n) is 10.7. The Balaban J connectivity index is 1.25. The fraction of sp³-hybridized carbons (Fsp3) is 0.292. The topological polar surface area (TPSA) is 63.1 Å². The molecule has 1 aliphatic carbocycles. The molecule has 1 saturated carbocycles. The van der Waals surface area contributed by atoms with Gasteiger partial charge < -0.3 is 5.32 Å². The lowest BCUT2D eigenvalue weighted by Gasteiger charge is -2.16. The smallest absolute Gasteiger partial charge is 0.323 e. The van der Waals surface area contributed by atoms with Gasteiger partial charge in [0.05, 0.1) is 18.8 Å². The van der Waals surface area contributed by atoms with Gasteiger partial charge in [0, 0.05) is 54.6 Å². The Labute approximate surface area is 188 Å². The summed E-state index contributed by atoms with van der Waals surface area (Å²) in [5, 5.41) is 7.22. The highest BCUT2D eigenvalue weighted by Gasteiger charge is 2.33. The van der Waals surface area contributed by atoms with Crippen molar-refractivity contribution in [3.05, 3.63) is 71.8 Å². The third-order valence-corrected chi connectivity index (χ3v) is 5.76. The summed E-state index contributed by atoms with van der Waals surface area (Å²) in [5.74, 6) is -0.330. The molecule has 0 spiro atoms. The van der Waals surface area contributed by atoms with E-state index in [0.29, 0.717) is 11.7 Å². The summed E-state index contributed by atoms with van der Waals surface area (Å²) in [6.45, 7) is -0.481. The van der Waals surface area contributed by atoms with Crippen LogP contribution >= 0.6 is 0 Å². The number of fused-ring (bicyclic) bond motifs is 1. The fourth-order valence-electron chi connectivity index (χ4n) is 4.08. The van der Waals surface area contributed by atoms with Crippen molar-refractivity contribution >= 4 is 17.7 Å². The molecule has 1 aromatic carbocycles. The van der Waals surface area contributed by atoms with E-state index in [1.165, 1.54) is 11.0 Å². The Morgan fingerprint density at radius 1 is 1.15 bits per heavy atom. The Morgan fingerprint density at radius 3 is 2.76 bits per heavy atom. The molecule has 1 amide bonds. The first-order valence-corrected chi connectivity index (χ1v) is 10.7. The summed E-state index contributed by atoms with van der Waals surface area (Å²) in [5.41, 5.74) is 4.88. The van der Waals surface area contributed by atoms with Crippen LogP contribution in [0, 0.1) is 0 Å². The minimum atomic E-state index is -4.23.